The number of hydrogen-bond acceptors (Lipinski definition) is 3. The third-order valence-corrected chi connectivity index (χ3v) is 4.00. The van der Waals surface area contributed by atoms with Gasteiger partial charge in [-0.1, -0.05) is 6.92 Å². The molecule has 0 aromatic rings. The lowest BCUT2D eigenvalue weighted by Gasteiger charge is -2.27. The van der Waals surface area contributed by atoms with E-state index in [9.17, 15) is 4.79 Å². The van der Waals surface area contributed by atoms with Gasteiger partial charge in [-0.3, -0.25) is 4.79 Å². The van der Waals surface area contributed by atoms with Crippen LogP contribution in [0.25, 0.3) is 0 Å². The minimum absolute atomic E-state index is 0.255. The van der Waals surface area contributed by atoms with Gasteiger partial charge in [-0.15, -0.1) is 0 Å². The number of amides is 1. The third kappa shape index (κ3) is 4.94. The summed E-state index contributed by atoms with van der Waals surface area (Å²) in [6.45, 7) is 7.60. The Bertz CT molecular complexity index is 266. The fourth-order valence-corrected chi connectivity index (χ4v) is 2.30. The first-order chi connectivity index (χ1) is 8.51. The lowest BCUT2D eigenvalue weighted by Crippen LogP contribution is -2.51. The Balaban J connectivity index is 2.29. The summed E-state index contributed by atoms with van der Waals surface area (Å²) in [6, 6.07) is 0. The van der Waals surface area contributed by atoms with Crippen LogP contribution in [0.2, 0.25) is 0 Å². The SMILES string of the molecule is CCCN(CCCC(C)(NC)C(N)=O)CC1CC1. The van der Waals surface area contributed by atoms with Crippen LogP contribution in [0, 0.1) is 5.92 Å². The number of rotatable bonds is 10. The second-order valence-electron chi connectivity index (χ2n) is 5.79. The van der Waals surface area contributed by atoms with E-state index < -0.39 is 5.54 Å². The van der Waals surface area contributed by atoms with Crippen molar-refractivity contribution in [2.75, 3.05) is 26.7 Å². The van der Waals surface area contributed by atoms with E-state index in [-0.39, 0.29) is 5.91 Å². The molecule has 3 N–H and O–H groups in total. The van der Waals surface area contributed by atoms with Gasteiger partial charge in [0.05, 0.1) is 5.54 Å². The Kier molecular flexibility index (Phi) is 6.09. The predicted molar refractivity (Wildman–Crippen MR) is 75.3 cm³/mol. The normalized spacial score (nSPS) is 18.9. The highest BCUT2D eigenvalue weighted by molar-refractivity contribution is 5.84. The topological polar surface area (TPSA) is 58.4 Å². The molecule has 0 saturated heterocycles. The van der Waals surface area contributed by atoms with Gasteiger partial charge in [-0.05, 0) is 65.1 Å². The van der Waals surface area contributed by atoms with Crippen molar-refractivity contribution in [1.82, 2.24) is 10.2 Å². The van der Waals surface area contributed by atoms with Crippen LogP contribution in [0.1, 0.15) is 46.0 Å². The Morgan fingerprint density at radius 3 is 2.56 bits per heavy atom. The van der Waals surface area contributed by atoms with Crippen molar-refractivity contribution in [3.05, 3.63) is 0 Å². The molecule has 1 amide bonds. The van der Waals surface area contributed by atoms with E-state index in [2.05, 4.69) is 17.1 Å². The zero-order valence-electron chi connectivity index (χ0n) is 12.2. The number of hydrogen-bond donors (Lipinski definition) is 2. The maximum atomic E-state index is 11.4. The van der Waals surface area contributed by atoms with Gasteiger partial charge in [0.15, 0.2) is 0 Å². The largest absolute Gasteiger partial charge is 0.368 e. The fraction of sp³-hybridized carbons (Fsp3) is 0.929. The van der Waals surface area contributed by atoms with Crippen LogP contribution in [0.5, 0.6) is 0 Å². The summed E-state index contributed by atoms with van der Waals surface area (Å²) in [5.41, 5.74) is 4.87. The molecule has 0 bridgehead atoms. The molecule has 0 aromatic heterocycles. The average molecular weight is 255 g/mol. The van der Waals surface area contributed by atoms with E-state index >= 15 is 0 Å². The van der Waals surface area contributed by atoms with Crippen molar-refractivity contribution in [3.63, 3.8) is 0 Å². The quantitative estimate of drug-likeness (QED) is 0.619. The number of likely N-dealkylation sites (N-methyl/N-ethyl adjacent to an activating group) is 1. The second kappa shape index (κ2) is 7.10. The van der Waals surface area contributed by atoms with Crippen LogP contribution in [-0.2, 0) is 4.79 Å². The highest BCUT2D eigenvalue weighted by Crippen LogP contribution is 2.29. The molecular weight excluding hydrogens is 226 g/mol. The highest BCUT2D eigenvalue weighted by atomic mass is 16.1. The third-order valence-electron chi connectivity index (χ3n) is 4.00. The van der Waals surface area contributed by atoms with Crippen LogP contribution >= 0.6 is 0 Å². The Labute approximate surface area is 111 Å². The molecule has 0 spiro atoms. The number of primary amides is 1. The molecule has 1 aliphatic carbocycles. The van der Waals surface area contributed by atoms with Gasteiger partial charge in [0, 0.05) is 6.54 Å². The number of nitrogens with two attached hydrogens (primary N) is 1. The molecule has 0 aliphatic heterocycles. The maximum absolute atomic E-state index is 11.4. The maximum Gasteiger partial charge on any atom is 0.237 e. The molecule has 0 radical (unpaired) electrons. The van der Waals surface area contributed by atoms with Gasteiger partial charge in [0.25, 0.3) is 0 Å². The van der Waals surface area contributed by atoms with Gasteiger partial charge < -0.3 is 16.0 Å². The fourth-order valence-electron chi connectivity index (χ4n) is 2.30. The van der Waals surface area contributed by atoms with Gasteiger partial charge in [-0.25, -0.2) is 0 Å². The molecule has 1 unspecified atom stereocenters. The summed E-state index contributed by atoms with van der Waals surface area (Å²) in [5, 5.41) is 3.04. The molecule has 1 saturated carbocycles. The van der Waals surface area contributed by atoms with Gasteiger partial charge in [0.2, 0.25) is 5.91 Å². The van der Waals surface area contributed by atoms with Crippen molar-refractivity contribution < 1.29 is 4.79 Å². The summed E-state index contributed by atoms with van der Waals surface area (Å²) in [6.07, 6.45) is 5.83. The van der Waals surface area contributed by atoms with Gasteiger partial charge >= 0.3 is 0 Å². The molecule has 0 aromatic carbocycles. The van der Waals surface area contributed by atoms with Crippen molar-refractivity contribution in [3.8, 4) is 0 Å². The number of nitrogens with one attached hydrogen (secondary N) is 1. The number of nitrogens with zero attached hydrogens (tertiary/aromatic N) is 1. The van der Waals surface area contributed by atoms with Crippen molar-refractivity contribution >= 4 is 5.91 Å². The minimum atomic E-state index is -0.558. The van der Waals surface area contributed by atoms with E-state index in [1.165, 1.54) is 32.4 Å². The zero-order chi connectivity index (χ0) is 13.6. The summed E-state index contributed by atoms with van der Waals surface area (Å²) >= 11 is 0. The summed E-state index contributed by atoms with van der Waals surface area (Å²) in [7, 11) is 1.80. The molecule has 1 aliphatic rings. The first-order valence-electron chi connectivity index (χ1n) is 7.23. The predicted octanol–water partition coefficient (Wildman–Crippen LogP) is 1.35. The molecule has 106 valence electrons. The highest BCUT2D eigenvalue weighted by Gasteiger charge is 2.29. The first-order valence-corrected chi connectivity index (χ1v) is 7.23. The van der Waals surface area contributed by atoms with E-state index in [0.717, 1.165) is 25.3 Å². The van der Waals surface area contributed by atoms with Crippen LogP contribution in [0.4, 0.5) is 0 Å². The molecule has 1 atom stereocenters. The Morgan fingerprint density at radius 1 is 1.44 bits per heavy atom. The van der Waals surface area contributed by atoms with E-state index in [4.69, 9.17) is 5.73 Å². The van der Waals surface area contributed by atoms with Crippen molar-refractivity contribution in [2.45, 2.75) is 51.5 Å². The lowest BCUT2D eigenvalue weighted by atomic mass is 9.95. The standard InChI is InChI=1S/C14H29N3O/c1-4-9-17(11-12-6-7-12)10-5-8-14(2,16-3)13(15)18/h12,16H,4-11H2,1-3H3,(H2,15,18). The van der Waals surface area contributed by atoms with E-state index in [1.54, 1.807) is 7.05 Å². The van der Waals surface area contributed by atoms with Crippen molar-refractivity contribution in [1.29, 1.82) is 0 Å². The van der Waals surface area contributed by atoms with Gasteiger partial charge in [0.1, 0.15) is 0 Å². The zero-order valence-corrected chi connectivity index (χ0v) is 12.2. The molecule has 18 heavy (non-hydrogen) atoms. The van der Waals surface area contributed by atoms with E-state index in [0.29, 0.717) is 0 Å². The van der Waals surface area contributed by atoms with E-state index in [1.807, 2.05) is 6.92 Å². The molecule has 0 heterocycles. The minimum Gasteiger partial charge on any atom is -0.368 e. The second-order valence-corrected chi connectivity index (χ2v) is 5.79. The first kappa shape index (κ1) is 15.4. The average Bonchev–Trinajstić information content (AvgIpc) is 3.12. The van der Waals surface area contributed by atoms with Crippen LogP contribution < -0.4 is 11.1 Å². The summed E-state index contributed by atoms with van der Waals surface area (Å²) < 4.78 is 0. The Morgan fingerprint density at radius 2 is 2.11 bits per heavy atom. The lowest BCUT2D eigenvalue weighted by molar-refractivity contribution is -0.123. The smallest absolute Gasteiger partial charge is 0.237 e. The number of carbonyl (C=O) groups is 1. The van der Waals surface area contributed by atoms with Crippen LogP contribution in [-0.4, -0.2) is 43.0 Å². The van der Waals surface area contributed by atoms with Crippen LogP contribution in [0.15, 0.2) is 0 Å². The summed E-state index contributed by atoms with van der Waals surface area (Å²) in [5.74, 6) is 0.678. The van der Waals surface area contributed by atoms with Crippen LogP contribution in [0.3, 0.4) is 0 Å². The molecule has 4 nitrogen and oxygen atoms in total. The summed E-state index contributed by atoms with van der Waals surface area (Å²) in [4.78, 5) is 13.9. The van der Waals surface area contributed by atoms with Crippen molar-refractivity contribution in [2.24, 2.45) is 11.7 Å². The molecule has 4 heteroatoms. The molecule has 1 rings (SSSR count). The molecule has 1 fully saturated rings. The monoisotopic (exact) mass is 255 g/mol. The van der Waals surface area contributed by atoms with Gasteiger partial charge in [-0.2, -0.15) is 0 Å². The molecular formula is C14H29N3O. The number of carbonyl (C=O) groups excluding carboxylic acids is 1. The Hall–Kier alpha value is -0.610.